The molecule has 0 aromatic rings. The molecule has 2 heteroatoms. The van der Waals surface area contributed by atoms with Gasteiger partial charge in [0.2, 0.25) is 0 Å². The summed E-state index contributed by atoms with van der Waals surface area (Å²) < 4.78 is 0. The molecule has 2 aliphatic heterocycles. The molecule has 2 heterocycles. The molecule has 0 aromatic carbocycles. The van der Waals surface area contributed by atoms with Crippen molar-refractivity contribution in [3.05, 3.63) is 0 Å². The second-order valence-corrected chi connectivity index (χ2v) is 2.68. The molecule has 0 saturated carbocycles. The van der Waals surface area contributed by atoms with Gasteiger partial charge in [0.15, 0.2) is 0 Å². The first-order valence-corrected chi connectivity index (χ1v) is 2.75. The van der Waals surface area contributed by atoms with E-state index in [1.54, 1.807) is 0 Å². The van der Waals surface area contributed by atoms with Crippen LogP contribution in [0.3, 0.4) is 0 Å². The Morgan fingerprint density at radius 1 is 1.57 bits per heavy atom. The van der Waals surface area contributed by atoms with Crippen molar-refractivity contribution >= 4 is 0 Å². The third-order valence-electron chi connectivity index (χ3n) is 2.15. The summed E-state index contributed by atoms with van der Waals surface area (Å²) in [6.45, 7) is 3.77. The molecule has 2 fully saturated rings. The lowest BCUT2D eigenvalue weighted by Gasteiger charge is -2.26. The molecule has 0 aromatic heterocycles. The highest BCUT2D eigenvalue weighted by Crippen LogP contribution is 2.32. The highest BCUT2D eigenvalue weighted by molar-refractivity contribution is 5.14. The van der Waals surface area contributed by atoms with Crippen molar-refractivity contribution in [2.24, 2.45) is 0 Å². The molecule has 7 heavy (non-hydrogen) atoms. The summed E-state index contributed by atoms with van der Waals surface area (Å²) in [5, 5.41) is 3.25. The Balaban J connectivity index is 2.05. The number of hydrogen-bond acceptors (Lipinski definition) is 2. The van der Waals surface area contributed by atoms with Crippen LogP contribution >= 0.6 is 0 Å². The monoisotopic (exact) mass is 98.1 g/mol. The van der Waals surface area contributed by atoms with Gasteiger partial charge in [-0.25, -0.2) is 0 Å². The normalized spacial score (nSPS) is 43.3. The zero-order valence-corrected chi connectivity index (χ0v) is 4.57. The minimum absolute atomic E-state index is 0.653. The van der Waals surface area contributed by atoms with E-state index in [4.69, 9.17) is 0 Å². The van der Waals surface area contributed by atoms with Crippen molar-refractivity contribution in [3.8, 4) is 0 Å². The first kappa shape index (κ1) is 3.87. The van der Waals surface area contributed by atoms with E-state index in [1.165, 1.54) is 19.6 Å². The van der Waals surface area contributed by atoms with Crippen LogP contribution in [-0.4, -0.2) is 37.1 Å². The molecule has 0 unspecified atom stereocenters. The molecule has 2 saturated heterocycles. The summed E-state index contributed by atoms with van der Waals surface area (Å²) in [5.74, 6) is 0. The molecule has 1 N–H and O–H groups in total. The Morgan fingerprint density at radius 3 is 2.14 bits per heavy atom. The predicted molar refractivity (Wildman–Crippen MR) is 28.2 cm³/mol. The van der Waals surface area contributed by atoms with Gasteiger partial charge >= 0.3 is 0 Å². The number of hydrogen-bond donors (Lipinski definition) is 1. The molecule has 1 atom stereocenters. The van der Waals surface area contributed by atoms with Gasteiger partial charge in [0, 0.05) is 19.6 Å². The van der Waals surface area contributed by atoms with Crippen LogP contribution in [0.25, 0.3) is 0 Å². The standard InChI is InChI=1S/C5H10N2/c1-7-4-5(7)2-6-3-5/h6H,2-4H2,1H3/t7-/m1/s1. The summed E-state index contributed by atoms with van der Waals surface area (Å²) >= 11 is 0. The van der Waals surface area contributed by atoms with Gasteiger partial charge < -0.3 is 5.32 Å². The molecule has 40 valence electrons. The Kier molecular flexibility index (Phi) is 0.474. The van der Waals surface area contributed by atoms with Gasteiger partial charge in [0.05, 0.1) is 5.54 Å². The van der Waals surface area contributed by atoms with Crippen molar-refractivity contribution in [1.82, 2.24) is 10.2 Å². The average Bonchev–Trinajstić information content (AvgIpc) is 2.10. The highest BCUT2D eigenvalue weighted by atomic mass is 15.4. The van der Waals surface area contributed by atoms with E-state index in [1.807, 2.05) is 0 Å². The molecule has 2 aliphatic rings. The van der Waals surface area contributed by atoms with E-state index in [9.17, 15) is 0 Å². The molecule has 2 rings (SSSR count). The largest absolute Gasteiger partial charge is 0.313 e. The van der Waals surface area contributed by atoms with Crippen LogP contribution in [0.15, 0.2) is 0 Å². The van der Waals surface area contributed by atoms with Crippen molar-refractivity contribution in [2.45, 2.75) is 5.54 Å². The summed E-state index contributed by atoms with van der Waals surface area (Å²) in [4.78, 5) is 2.39. The van der Waals surface area contributed by atoms with Crippen molar-refractivity contribution < 1.29 is 0 Å². The maximum absolute atomic E-state index is 3.25. The van der Waals surface area contributed by atoms with Crippen LogP contribution in [0, 0.1) is 0 Å². The Morgan fingerprint density at radius 2 is 2.14 bits per heavy atom. The van der Waals surface area contributed by atoms with Crippen LogP contribution in [0.2, 0.25) is 0 Å². The maximum Gasteiger partial charge on any atom is 0.0584 e. The third kappa shape index (κ3) is 0.318. The van der Waals surface area contributed by atoms with Gasteiger partial charge in [-0.15, -0.1) is 0 Å². The lowest BCUT2D eigenvalue weighted by molar-refractivity contribution is 0.328. The Bertz CT molecular complexity index is 90.7. The van der Waals surface area contributed by atoms with Crippen molar-refractivity contribution in [3.63, 3.8) is 0 Å². The average molecular weight is 98.1 g/mol. The lowest BCUT2D eigenvalue weighted by atomic mass is 10.0. The van der Waals surface area contributed by atoms with Gasteiger partial charge in [0.1, 0.15) is 0 Å². The van der Waals surface area contributed by atoms with Gasteiger partial charge in [0.25, 0.3) is 0 Å². The topological polar surface area (TPSA) is 15.0 Å². The first-order chi connectivity index (χ1) is 3.33. The van der Waals surface area contributed by atoms with Crippen LogP contribution in [0.4, 0.5) is 0 Å². The fourth-order valence-electron chi connectivity index (χ4n) is 1.20. The molecular weight excluding hydrogens is 88.1 g/mol. The minimum Gasteiger partial charge on any atom is -0.313 e. The highest BCUT2D eigenvalue weighted by Gasteiger charge is 2.53. The quantitative estimate of drug-likeness (QED) is 0.402. The predicted octanol–water partition coefficient (Wildman–Crippen LogP) is -0.726. The van der Waals surface area contributed by atoms with Crippen LogP contribution in [0.1, 0.15) is 0 Å². The summed E-state index contributed by atoms with van der Waals surface area (Å²) in [6, 6.07) is 0. The third-order valence-corrected chi connectivity index (χ3v) is 2.15. The smallest absolute Gasteiger partial charge is 0.0584 e. The minimum atomic E-state index is 0.653. The Hall–Kier alpha value is -0.0800. The van der Waals surface area contributed by atoms with Crippen LogP contribution in [-0.2, 0) is 0 Å². The summed E-state index contributed by atoms with van der Waals surface area (Å²) in [6.07, 6.45) is 0. The Labute approximate surface area is 43.5 Å². The first-order valence-electron chi connectivity index (χ1n) is 2.75. The van der Waals surface area contributed by atoms with Crippen molar-refractivity contribution in [2.75, 3.05) is 26.7 Å². The summed E-state index contributed by atoms with van der Waals surface area (Å²) in [5.41, 5.74) is 0.653. The maximum atomic E-state index is 3.25. The van der Waals surface area contributed by atoms with E-state index < -0.39 is 0 Å². The van der Waals surface area contributed by atoms with E-state index in [0.29, 0.717) is 5.54 Å². The lowest BCUT2D eigenvalue weighted by Crippen LogP contribution is -2.52. The van der Waals surface area contributed by atoms with E-state index in [0.717, 1.165) is 0 Å². The number of likely N-dealkylation sites (N-methyl/N-ethyl adjacent to an activating group) is 1. The SMILES string of the molecule is C[N@]1CC12CNC2. The van der Waals surface area contributed by atoms with Crippen LogP contribution < -0.4 is 5.32 Å². The number of nitrogens with zero attached hydrogens (tertiary/aromatic N) is 1. The number of nitrogens with one attached hydrogen (secondary N) is 1. The second-order valence-electron chi connectivity index (χ2n) is 2.68. The van der Waals surface area contributed by atoms with Crippen LogP contribution in [0.5, 0.6) is 0 Å². The fourth-order valence-corrected chi connectivity index (χ4v) is 1.20. The second kappa shape index (κ2) is 0.858. The van der Waals surface area contributed by atoms with E-state index in [-0.39, 0.29) is 0 Å². The van der Waals surface area contributed by atoms with Gasteiger partial charge in [-0.1, -0.05) is 0 Å². The van der Waals surface area contributed by atoms with E-state index in [2.05, 4.69) is 17.3 Å². The molecule has 0 bridgehead atoms. The van der Waals surface area contributed by atoms with Crippen molar-refractivity contribution in [1.29, 1.82) is 0 Å². The molecular formula is C5H10N2. The zero-order valence-electron chi connectivity index (χ0n) is 4.57. The van der Waals surface area contributed by atoms with Gasteiger partial charge in [-0.2, -0.15) is 0 Å². The number of rotatable bonds is 0. The summed E-state index contributed by atoms with van der Waals surface area (Å²) in [7, 11) is 2.18. The molecule has 1 spiro atoms. The molecule has 2 nitrogen and oxygen atoms in total. The van der Waals surface area contributed by atoms with Gasteiger partial charge in [-0.3, -0.25) is 4.90 Å². The fraction of sp³-hybridized carbons (Fsp3) is 1.00. The molecule has 0 aliphatic carbocycles. The zero-order chi connectivity index (χ0) is 4.91. The van der Waals surface area contributed by atoms with Gasteiger partial charge in [-0.05, 0) is 7.05 Å². The van der Waals surface area contributed by atoms with E-state index >= 15 is 0 Å². The molecule has 0 radical (unpaired) electrons. The molecule has 0 amide bonds.